The Morgan fingerprint density at radius 1 is 1.00 bits per heavy atom. The molecule has 0 aliphatic carbocycles. The van der Waals surface area contributed by atoms with E-state index in [0.717, 1.165) is 29.5 Å². The Bertz CT molecular complexity index is 1690. The maximum atomic E-state index is 13.8. The number of rotatable bonds is 6. The number of carbonyl (C=O) groups is 3. The van der Waals surface area contributed by atoms with Crippen LogP contribution in [0.15, 0.2) is 79.1 Å². The molecule has 2 aliphatic heterocycles. The monoisotopic (exact) mass is 597 g/mol. The van der Waals surface area contributed by atoms with Crippen molar-refractivity contribution in [2.24, 2.45) is 0 Å². The molecular weight excluding hydrogens is 570 g/mol. The van der Waals surface area contributed by atoms with Crippen LogP contribution in [0.1, 0.15) is 47.2 Å². The van der Waals surface area contributed by atoms with Crippen molar-refractivity contribution in [2.75, 3.05) is 18.4 Å². The molecule has 12 heteroatoms. The first kappa shape index (κ1) is 28.1. The summed E-state index contributed by atoms with van der Waals surface area (Å²) in [6.45, 7) is 0.869. The molecule has 0 saturated carbocycles. The van der Waals surface area contributed by atoms with E-state index < -0.39 is 12.1 Å². The van der Waals surface area contributed by atoms with Crippen molar-refractivity contribution >= 4 is 41.3 Å². The molecule has 6 rings (SSSR count). The fourth-order valence-corrected chi connectivity index (χ4v) is 6.00. The molecule has 3 heterocycles. The molecule has 4 aromatic rings. The van der Waals surface area contributed by atoms with Crippen LogP contribution in [0, 0.1) is 0 Å². The number of hydrogen-bond acceptors (Lipinski definition) is 6. The van der Waals surface area contributed by atoms with Crippen molar-refractivity contribution in [3.05, 3.63) is 106 Å². The topological polar surface area (TPSA) is 134 Å². The van der Waals surface area contributed by atoms with Gasteiger partial charge in [0.05, 0.1) is 11.7 Å². The number of fused-ring (bicyclic) bond motifs is 1. The number of likely N-dealkylation sites (tertiary alicyclic amines) is 1. The smallest absolute Gasteiger partial charge is 0.407 e. The number of nitrogens with zero attached hydrogens (tertiary/aromatic N) is 6. The molecule has 43 heavy (non-hydrogen) atoms. The van der Waals surface area contributed by atoms with Gasteiger partial charge in [0.1, 0.15) is 12.4 Å². The van der Waals surface area contributed by atoms with Crippen LogP contribution in [0.2, 0.25) is 5.02 Å². The lowest BCUT2D eigenvalue weighted by molar-refractivity contribution is -0.135. The number of carboxylic acid groups (broad SMARTS) is 1. The van der Waals surface area contributed by atoms with Crippen molar-refractivity contribution in [2.45, 2.75) is 31.3 Å². The summed E-state index contributed by atoms with van der Waals surface area (Å²) in [5.74, 6) is -0.672. The Morgan fingerprint density at radius 2 is 1.81 bits per heavy atom. The maximum absolute atomic E-state index is 13.8. The molecule has 1 aromatic heterocycles. The van der Waals surface area contributed by atoms with Crippen molar-refractivity contribution in [3.63, 3.8) is 0 Å². The average molecular weight is 598 g/mol. The van der Waals surface area contributed by atoms with Gasteiger partial charge in [-0.1, -0.05) is 48.0 Å². The summed E-state index contributed by atoms with van der Waals surface area (Å²) in [4.78, 5) is 42.0. The van der Waals surface area contributed by atoms with Crippen LogP contribution in [0.25, 0.3) is 11.8 Å². The van der Waals surface area contributed by atoms with E-state index in [-0.39, 0.29) is 17.9 Å². The van der Waals surface area contributed by atoms with Gasteiger partial charge in [-0.05, 0) is 82.8 Å². The van der Waals surface area contributed by atoms with Crippen molar-refractivity contribution in [3.8, 4) is 5.69 Å². The summed E-state index contributed by atoms with van der Waals surface area (Å²) in [7, 11) is 0. The summed E-state index contributed by atoms with van der Waals surface area (Å²) in [5, 5.41) is 24.3. The van der Waals surface area contributed by atoms with Crippen LogP contribution in [-0.2, 0) is 16.0 Å². The van der Waals surface area contributed by atoms with Crippen LogP contribution in [0.4, 0.5) is 10.5 Å². The molecule has 0 bridgehead atoms. The van der Waals surface area contributed by atoms with E-state index in [9.17, 15) is 19.5 Å². The number of halogens is 1. The molecule has 11 nitrogen and oxygen atoms in total. The number of tetrazole rings is 1. The Labute approximate surface area is 252 Å². The van der Waals surface area contributed by atoms with Gasteiger partial charge in [-0.2, -0.15) is 4.68 Å². The minimum atomic E-state index is -0.934. The summed E-state index contributed by atoms with van der Waals surface area (Å²) >= 11 is 6.24. The standard InChI is InChI=1S/C31H28ClN7O4/c32-23-10-13-27(39-19-33-35-36-39)22(18-23)9-14-28(40)38-17-15-20-4-1-2-5-25(20)29(38)30(41)34-24-11-7-21(8-12-24)26-6-3-16-37(26)31(42)43/h1-2,4-5,7-14,18-19,26,29H,3,6,15-17H2,(H,34,41)(H,42,43)/b14-9+/t26?,29-/m0/s1. The van der Waals surface area contributed by atoms with E-state index >= 15 is 0 Å². The van der Waals surface area contributed by atoms with Crippen LogP contribution >= 0.6 is 11.6 Å². The molecule has 2 N–H and O–H groups in total. The minimum absolute atomic E-state index is 0.201. The largest absolute Gasteiger partial charge is 0.465 e. The first-order chi connectivity index (χ1) is 20.9. The minimum Gasteiger partial charge on any atom is -0.465 e. The fraction of sp³-hybridized carbons (Fsp3) is 0.226. The number of nitrogens with one attached hydrogen (secondary N) is 1. The molecule has 1 fully saturated rings. The zero-order chi connectivity index (χ0) is 29.9. The second kappa shape index (κ2) is 12.1. The molecule has 2 atom stereocenters. The van der Waals surface area contributed by atoms with Gasteiger partial charge in [0.25, 0.3) is 5.91 Å². The molecule has 1 saturated heterocycles. The third kappa shape index (κ3) is 5.84. The number of carbonyl (C=O) groups excluding carboxylic acids is 2. The molecule has 0 spiro atoms. The summed E-state index contributed by atoms with van der Waals surface area (Å²) in [5.41, 5.74) is 4.50. The van der Waals surface area contributed by atoms with Gasteiger partial charge in [0, 0.05) is 35.4 Å². The average Bonchev–Trinajstić information content (AvgIpc) is 3.73. The second-order valence-corrected chi connectivity index (χ2v) is 10.9. The highest BCUT2D eigenvalue weighted by Gasteiger charge is 2.35. The molecule has 2 aliphatic rings. The predicted molar refractivity (Wildman–Crippen MR) is 160 cm³/mol. The Kier molecular flexibility index (Phi) is 7.89. The Hall–Kier alpha value is -5.03. The summed E-state index contributed by atoms with van der Waals surface area (Å²) in [6, 6.07) is 19.0. The van der Waals surface area contributed by atoms with Gasteiger partial charge in [-0.15, -0.1) is 5.10 Å². The van der Waals surface area contributed by atoms with Crippen LogP contribution < -0.4 is 5.32 Å². The lowest BCUT2D eigenvalue weighted by Gasteiger charge is -2.35. The lowest BCUT2D eigenvalue weighted by atomic mass is 9.91. The van der Waals surface area contributed by atoms with Gasteiger partial charge >= 0.3 is 6.09 Å². The molecule has 3 amide bonds. The lowest BCUT2D eigenvalue weighted by Crippen LogP contribution is -2.44. The van der Waals surface area contributed by atoms with Gasteiger partial charge in [-0.3, -0.25) is 9.59 Å². The number of hydrogen-bond donors (Lipinski definition) is 2. The SMILES string of the molecule is O=C(Nc1ccc(C2CCCN2C(=O)O)cc1)[C@@H]1c2ccccc2CCN1C(=O)/C=C/c1cc(Cl)ccc1-n1cnnn1. The number of aromatic nitrogens is 4. The number of amides is 3. The zero-order valence-electron chi connectivity index (χ0n) is 23.0. The van der Waals surface area contributed by atoms with E-state index in [1.165, 1.54) is 22.0 Å². The van der Waals surface area contributed by atoms with E-state index in [0.29, 0.717) is 41.5 Å². The molecular formula is C31H28ClN7O4. The van der Waals surface area contributed by atoms with Crippen molar-refractivity contribution in [1.82, 2.24) is 30.0 Å². The molecule has 0 radical (unpaired) electrons. The van der Waals surface area contributed by atoms with Crippen molar-refractivity contribution < 1.29 is 19.5 Å². The normalized spacial score (nSPS) is 18.1. The highest BCUT2D eigenvalue weighted by Crippen LogP contribution is 2.34. The van der Waals surface area contributed by atoms with Gasteiger partial charge in [-0.25, -0.2) is 4.79 Å². The van der Waals surface area contributed by atoms with Gasteiger partial charge < -0.3 is 20.2 Å². The summed E-state index contributed by atoms with van der Waals surface area (Å²) < 4.78 is 1.48. The van der Waals surface area contributed by atoms with Crippen LogP contribution in [0.5, 0.6) is 0 Å². The fourth-order valence-electron chi connectivity index (χ4n) is 5.82. The third-order valence-electron chi connectivity index (χ3n) is 7.87. The predicted octanol–water partition coefficient (Wildman–Crippen LogP) is 4.91. The van der Waals surface area contributed by atoms with E-state index in [1.54, 1.807) is 41.3 Å². The number of benzene rings is 3. The van der Waals surface area contributed by atoms with Crippen LogP contribution in [0.3, 0.4) is 0 Å². The Balaban J connectivity index is 1.24. The first-order valence-electron chi connectivity index (χ1n) is 13.9. The maximum Gasteiger partial charge on any atom is 0.407 e. The Morgan fingerprint density at radius 3 is 2.58 bits per heavy atom. The number of anilines is 1. The first-order valence-corrected chi connectivity index (χ1v) is 14.3. The van der Waals surface area contributed by atoms with E-state index in [4.69, 9.17) is 11.6 Å². The molecule has 3 aromatic carbocycles. The summed E-state index contributed by atoms with van der Waals surface area (Å²) in [6.07, 6.45) is 5.77. The van der Waals surface area contributed by atoms with Crippen LogP contribution in [-0.4, -0.2) is 66.1 Å². The molecule has 1 unspecified atom stereocenters. The zero-order valence-corrected chi connectivity index (χ0v) is 23.8. The van der Waals surface area contributed by atoms with Crippen molar-refractivity contribution in [1.29, 1.82) is 0 Å². The third-order valence-corrected chi connectivity index (χ3v) is 8.10. The van der Waals surface area contributed by atoms with Gasteiger partial charge in [0.15, 0.2) is 0 Å². The molecule has 218 valence electrons. The van der Waals surface area contributed by atoms with E-state index in [1.807, 2.05) is 36.4 Å². The van der Waals surface area contributed by atoms with E-state index in [2.05, 4.69) is 20.8 Å². The second-order valence-electron chi connectivity index (χ2n) is 10.4. The van der Waals surface area contributed by atoms with Gasteiger partial charge in [0.2, 0.25) is 5.91 Å². The highest BCUT2D eigenvalue weighted by molar-refractivity contribution is 6.30. The highest BCUT2D eigenvalue weighted by atomic mass is 35.5. The quantitative estimate of drug-likeness (QED) is 0.302.